The molecule has 3 aliphatic rings. The topological polar surface area (TPSA) is 66.5 Å². The molecule has 152 valence electrons. The standard InChI is InChI=1S/C19H28N2O3S2.ClH/c22-18(14-26(23,24)16-3-1-2-4-16)21(12-15-5-10-25-13-15)17-11-19(17)6-8-20-9-7-19;/h5,10,13,16-17,20H,1-4,6-9,11-12,14H2;1H. The highest BCUT2D eigenvalue weighted by Crippen LogP contribution is 2.56. The van der Waals surface area contributed by atoms with Gasteiger partial charge in [-0.2, -0.15) is 11.3 Å². The molecule has 0 aromatic carbocycles. The number of amides is 1. The number of nitrogens with zero attached hydrogens (tertiary/aromatic N) is 1. The summed E-state index contributed by atoms with van der Waals surface area (Å²) in [6.45, 7) is 2.54. The molecule has 27 heavy (non-hydrogen) atoms. The monoisotopic (exact) mass is 432 g/mol. The molecular formula is C19H29ClN2O3S2. The predicted molar refractivity (Wildman–Crippen MR) is 111 cm³/mol. The minimum Gasteiger partial charge on any atom is -0.334 e. The largest absolute Gasteiger partial charge is 0.334 e. The SMILES string of the molecule is Cl.O=C(CS(=O)(=O)C1CCCC1)N(Cc1ccsc1)C1CC12CCNCC2. The van der Waals surface area contributed by atoms with Crippen molar-refractivity contribution in [3.63, 3.8) is 0 Å². The fourth-order valence-corrected chi connectivity index (χ4v) is 7.26. The fraction of sp³-hybridized carbons (Fsp3) is 0.737. The van der Waals surface area contributed by atoms with Crippen molar-refractivity contribution < 1.29 is 13.2 Å². The highest BCUT2D eigenvalue weighted by atomic mass is 35.5. The Hall–Kier alpha value is -0.630. The zero-order valence-electron chi connectivity index (χ0n) is 15.6. The average Bonchev–Trinajstić information content (AvgIpc) is 3.10. The van der Waals surface area contributed by atoms with Crippen LogP contribution in [0.4, 0.5) is 0 Å². The lowest BCUT2D eigenvalue weighted by molar-refractivity contribution is -0.130. The highest BCUT2D eigenvalue weighted by Gasteiger charge is 2.58. The molecule has 3 fully saturated rings. The van der Waals surface area contributed by atoms with E-state index in [1.54, 1.807) is 11.3 Å². The molecule has 8 heteroatoms. The number of thiophene rings is 1. The normalized spacial score (nSPS) is 24.5. The number of rotatable bonds is 6. The molecular weight excluding hydrogens is 404 g/mol. The number of hydrogen-bond acceptors (Lipinski definition) is 5. The smallest absolute Gasteiger partial charge is 0.238 e. The van der Waals surface area contributed by atoms with E-state index in [4.69, 9.17) is 0 Å². The molecule has 1 unspecified atom stereocenters. The van der Waals surface area contributed by atoms with Crippen LogP contribution in [0.3, 0.4) is 0 Å². The van der Waals surface area contributed by atoms with Gasteiger partial charge >= 0.3 is 0 Å². The molecule has 1 spiro atoms. The Morgan fingerprint density at radius 2 is 1.96 bits per heavy atom. The highest BCUT2D eigenvalue weighted by molar-refractivity contribution is 7.92. The summed E-state index contributed by atoms with van der Waals surface area (Å²) in [5, 5.41) is 7.16. The fourth-order valence-electron chi connectivity index (χ4n) is 4.80. The molecule has 1 N–H and O–H groups in total. The Balaban J connectivity index is 0.00000210. The second kappa shape index (κ2) is 8.39. The van der Waals surface area contributed by atoms with Crippen LogP contribution in [0.2, 0.25) is 0 Å². The molecule has 2 heterocycles. The van der Waals surface area contributed by atoms with Crippen molar-refractivity contribution in [2.24, 2.45) is 5.41 Å². The Morgan fingerprint density at radius 1 is 1.26 bits per heavy atom. The van der Waals surface area contributed by atoms with Gasteiger partial charge in [0.1, 0.15) is 5.75 Å². The second-order valence-corrected chi connectivity index (χ2v) is 11.3. The van der Waals surface area contributed by atoms with Crippen LogP contribution in [0.15, 0.2) is 16.8 Å². The summed E-state index contributed by atoms with van der Waals surface area (Å²) in [5.41, 5.74) is 1.33. The second-order valence-electron chi connectivity index (χ2n) is 8.20. The van der Waals surface area contributed by atoms with E-state index in [0.29, 0.717) is 6.54 Å². The summed E-state index contributed by atoms with van der Waals surface area (Å²) in [6, 6.07) is 2.24. The third-order valence-electron chi connectivity index (χ3n) is 6.51. The summed E-state index contributed by atoms with van der Waals surface area (Å²) in [6.07, 6.45) is 6.57. The van der Waals surface area contributed by atoms with Gasteiger partial charge in [-0.25, -0.2) is 8.42 Å². The van der Waals surface area contributed by atoms with Crippen molar-refractivity contribution in [1.29, 1.82) is 0 Å². The van der Waals surface area contributed by atoms with Crippen LogP contribution < -0.4 is 5.32 Å². The van der Waals surface area contributed by atoms with E-state index in [1.165, 1.54) is 0 Å². The molecule has 2 saturated carbocycles. The molecule has 5 nitrogen and oxygen atoms in total. The van der Waals surface area contributed by atoms with Gasteiger partial charge in [0.05, 0.1) is 5.25 Å². The van der Waals surface area contributed by atoms with Crippen LogP contribution in [-0.2, 0) is 21.2 Å². The van der Waals surface area contributed by atoms with Crippen molar-refractivity contribution in [2.45, 2.75) is 62.8 Å². The van der Waals surface area contributed by atoms with Crippen LogP contribution in [-0.4, -0.2) is 49.4 Å². The molecule has 1 saturated heterocycles. The quantitative estimate of drug-likeness (QED) is 0.750. The van der Waals surface area contributed by atoms with Crippen LogP contribution >= 0.6 is 23.7 Å². The first-order chi connectivity index (χ1) is 12.5. The molecule has 1 aromatic heterocycles. The third-order valence-corrected chi connectivity index (χ3v) is 9.38. The number of piperidine rings is 1. The molecule has 1 aromatic rings. The number of hydrogen-bond donors (Lipinski definition) is 1. The lowest BCUT2D eigenvalue weighted by Gasteiger charge is -2.30. The Morgan fingerprint density at radius 3 is 2.59 bits per heavy atom. The van der Waals surface area contributed by atoms with Gasteiger partial charge in [0, 0.05) is 12.6 Å². The zero-order chi connectivity index (χ0) is 18.2. The van der Waals surface area contributed by atoms with Crippen molar-refractivity contribution in [3.05, 3.63) is 22.4 Å². The third kappa shape index (κ3) is 4.52. The maximum absolute atomic E-state index is 13.1. The number of nitrogens with one attached hydrogen (secondary N) is 1. The van der Waals surface area contributed by atoms with Gasteiger partial charge in [0.15, 0.2) is 9.84 Å². The van der Waals surface area contributed by atoms with Gasteiger partial charge in [-0.15, -0.1) is 12.4 Å². The van der Waals surface area contributed by atoms with Crippen LogP contribution in [0.5, 0.6) is 0 Å². The Kier molecular flexibility index (Phi) is 6.56. The molecule has 2 aliphatic carbocycles. The molecule has 0 bridgehead atoms. The van der Waals surface area contributed by atoms with Crippen molar-refractivity contribution in [1.82, 2.24) is 10.2 Å². The first kappa shape index (κ1) is 21.1. The predicted octanol–water partition coefficient (Wildman–Crippen LogP) is 3.00. The van der Waals surface area contributed by atoms with Gasteiger partial charge in [-0.1, -0.05) is 12.8 Å². The number of sulfone groups is 1. The van der Waals surface area contributed by atoms with Gasteiger partial charge < -0.3 is 10.2 Å². The lowest BCUT2D eigenvalue weighted by Crippen LogP contribution is -2.42. The number of carbonyl (C=O) groups excluding carboxylic acids is 1. The molecule has 0 radical (unpaired) electrons. The maximum Gasteiger partial charge on any atom is 0.238 e. The molecule has 1 atom stereocenters. The maximum atomic E-state index is 13.1. The van der Waals surface area contributed by atoms with E-state index in [1.807, 2.05) is 16.3 Å². The zero-order valence-corrected chi connectivity index (χ0v) is 18.0. The van der Waals surface area contributed by atoms with Crippen molar-refractivity contribution in [2.75, 3.05) is 18.8 Å². The van der Waals surface area contributed by atoms with Gasteiger partial charge in [0.2, 0.25) is 5.91 Å². The van der Waals surface area contributed by atoms with Crippen LogP contribution in [0.25, 0.3) is 0 Å². The van der Waals surface area contributed by atoms with E-state index in [0.717, 1.165) is 63.6 Å². The summed E-state index contributed by atoms with van der Waals surface area (Å²) in [7, 11) is -3.33. The summed E-state index contributed by atoms with van der Waals surface area (Å²) in [4.78, 5) is 15.0. The summed E-state index contributed by atoms with van der Waals surface area (Å²) < 4.78 is 25.4. The van der Waals surface area contributed by atoms with E-state index in [2.05, 4.69) is 10.7 Å². The lowest BCUT2D eigenvalue weighted by atomic mass is 9.93. The van der Waals surface area contributed by atoms with Crippen molar-refractivity contribution in [3.8, 4) is 0 Å². The van der Waals surface area contributed by atoms with Gasteiger partial charge in [-0.3, -0.25) is 4.79 Å². The van der Waals surface area contributed by atoms with E-state index < -0.39 is 9.84 Å². The van der Waals surface area contributed by atoms with Crippen molar-refractivity contribution >= 4 is 39.5 Å². The first-order valence-electron chi connectivity index (χ1n) is 9.73. The number of halogens is 1. The van der Waals surface area contributed by atoms with Gasteiger partial charge in [-0.05, 0) is 73.0 Å². The summed E-state index contributed by atoms with van der Waals surface area (Å²) >= 11 is 1.62. The van der Waals surface area contributed by atoms with E-state index >= 15 is 0 Å². The first-order valence-corrected chi connectivity index (χ1v) is 12.4. The Labute approximate surface area is 172 Å². The van der Waals surface area contributed by atoms with Gasteiger partial charge in [0.25, 0.3) is 0 Å². The van der Waals surface area contributed by atoms with Crippen LogP contribution in [0.1, 0.15) is 50.5 Å². The average molecular weight is 433 g/mol. The molecule has 1 amide bonds. The summed E-state index contributed by atoms with van der Waals surface area (Å²) in [5.74, 6) is -0.504. The Bertz CT molecular complexity index is 739. The van der Waals surface area contributed by atoms with E-state index in [-0.39, 0.29) is 40.8 Å². The molecule has 1 aliphatic heterocycles. The van der Waals surface area contributed by atoms with E-state index in [9.17, 15) is 13.2 Å². The number of carbonyl (C=O) groups is 1. The minimum absolute atomic E-state index is 0. The molecule has 4 rings (SSSR count). The van der Waals surface area contributed by atoms with Crippen LogP contribution in [0, 0.1) is 5.41 Å². The minimum atomic E-state index is -3.33.